The van der Waals surface area contributed by atoms with Gasteiger partial charge in [0.15, 0.2) is 0 Å². The van der Waals surface area contributed by atoms with Crippen molar-refractivity contribution in [1.29, 1.82) is 0 Å². The van der Waals surface area contributed by atoms with Crippen LogP contribution in [0.4, 0.5) is 0 Å². The van der Waals surface area contributed by atoms with Gasteiger partial charge in [-0.25, -0.2) is 4.79 Å². The van der Waals surface area contributed by atoms with Gasteiger partial charge < -0.3 is 4.74 Å². The maximum atomic E-state index is 12.3. The number of carbonyl (C=O) groups excluding carboxylic acids is 1. The first-order valence-corrected chi connectivity index (χ1v) is 15.1. The lowest BCUT2D eigenvalue weighted by Crippen LogP contribution is -2.49. The van der Waals surface area contributed by atoms with Gasteiger partial charge in [0.2, 0.25) is 0 Å². The van der Waals surface area contributed by atoms with Gasteiger partial charge in [-0.2, -0.15) is 0 Å². The Kier molecular flexibility index (Phi) is 7.82. The van der Waals surface area contributed by atoms with E-state index in [9.17, 15) is 4.79 Å². The van der Waals surface area contributed by atoms with E-state index in [0.29, 0.717) is 12.8 Å². The second-order valence-electron chi connectivity index (χ2n) is 11.9. The molecular weight excluding hydrogens is 622 g/mol. The maximum absolute atomic E-state index is 12.3. The predicted molar refractivity (Wildman–Crippen MR) is 150 cm³/mol. The first-order chi connectivity index (χ1) is 15.0. The molecule has 4 heteroatoms. The fourth-order valence-electron chi connectivity index (χ4n) is 7.57. The molecule has 0 amide bonds. The smallest absolute Gasteiger partial charge is 0.333 e. The quantitative estimate of drug-likeness (QED) is 0.128. The van der Waals surface area contributed by atoms with Gasteiger partial charge in [-0.15, -0.1) is 0 Å². The van der Waals surface area contributed by atoms with Crippen molar-refractivity contribution in [3.05, 3.63) is 22.8 Å². The average Bonchev–Trinajstić information content (AvgIpc) is 3.04. The summed E-state index contributed by atoms with van der Waals surface area (Å²) in [6.07, 6.45) is 15.3. The Morgan fingerprint density at radius 3 is 2.50 bits per heavy atom. The molecule has 4 rings (SSSR count). The topological polar surface area (TPSA) is 26.3 Å². The minimum Gasteiger partial charge on any atom is -0.459 e. The zero-order chi connectivity index (χ0) is 23.3. The van der Waals surface area contributed by atoms with E-state index >= 15 is 0 Å². The highest BCUT2D eigenvalue weighted by Crippen LogP contribution is 2.63. The summed E-state index contributed by atoms with van der Waals surface area (Å²) in [7, 11) is 0. The number of allylic oxidation sites excluding steroid dienone is 2. The number of hydrogen-bond acceptors (Lipinski definition) is 2. The number of rotatable bonds is 2. The second kappa shape index (κ2) is 9.81. The summed E-state index contributed by atoms with van der Waals surface area (Å²) in [5.41, 5.74) is 3.67. The van der Waals surface area contributed by atoms with Gasteiger partial charge >= 0.3 is 5.97 Å². The summed E-state index contributed by atoms with van der Waals surface area (Å²) in [4.78, 5) is 12.3. The molecule has 0 bridgehead atoms. The number of ether oxygens (including phenoxy) is 1. The molecule has 8 atom stereocenters. The molecule has 4 aliphatic rings. The van der Waals surface area contributed by atoms with Crippen LogP contribution in [-0.4, -0.2) is 18.9 Å². The molecule has 2 saturated carbocycles. The van der Waals surface area contributed by atoms with E-state index < -0.39 is 0 Å². The standard InChI is InChI=1S/C28H42I2O2/c1-17-6-8-23-24(27(5,29)12-10-18(2)14-17)11-13-28(30)21(7-9-25(23)28)16-22-15-19(3)20(4)26(31)32-22/h6,18,21-25H,7-16H2,1-5H3. The SMILES string of the molecule is CC1=CCC2C(CCC3(I)C(CC4CC(C)=C(C)C(=O)O4)CCC23)C(C)(I)CCC(C)C1. The van der Waals surface area contributed by atoms with Crippen molar-refractivity contribution in [2.75, 3.05) is 0 Å². The van der Waals surface area contributed by atoms with E-state index in [1.54, 1.807) is 5.57 Å². The molecule has 32 heavy (non-hydrogen) atoms. The largest absolute Gasteiger partial charge is 0.459 e. The van der Waals surface area contributed by atoms with Crippen LogP contribution in [0.3, 0.4) is 0 Å². The fraction of sp³-hybridized carbons (Fsp3) is 0.821. The summed E-state index contributed by atoms with van der Waals surface area (Å²) in [6.45, 7) is 11.4. The number of hydrogen-bond donors (Lipinski definition) is 0. The highest BCUT2D eigenvalue weighted by Gasteiger charge is 2.57. The third-order valence-corrected chi connectivity index (χ3v) is 13.2. The third-order valence-electron chi connectivity index (χ3n) is 9.60. The minimum absolute atomic E-state index is 0.0811. The lowest BCUT2D eigenvalue weighted by atomic mass is 9.60. The van der Waals surface area contributed by atoms with Crippen LogP contribution in [0.15, 0.2) is 22.8 Å². The molecule has 0 saturated heterocycles. The summed E-state index contributed by atoms with van der Waals surface area (Å²) < 4.78 is 6.66. The first-order valence-electron chi connectivity index (χ1n) is 12.9. The monoisotopic (exact) mass is 664 g/mol. The zero-order valence-electron chi connectivity index (χ0n) is 20.7. The molecule has 2 nitrogen and oxygen atoms in total. The Morgan fingerprint density at radius 2 is 1.78 bits per heavy atom. The molecule has 0 N–H and O–H groups in total. The number of esters is 1. The van der Waals surface area contributed by atoms with Gasteiger partial charge in [-0.05, 0) is 108 Å². The van der Waals surface area contributed by atoms with E-state index in [4.69, 9.17) is 4.74 Å². The van der Waals surface area contributed by atoms with Gasteiger partial charge in [-0.1, -0.05) is 76.3 Å². The van der Waals surface area contributed by atoms with E-state index in [2.05, 4.69) is 79.0 Å². The van der Waals surface area contributed by atoms with Crippen LogP contribution >= 0.6 is 45.2 Å². The van der Waals surface area contributed by atoms with Gasteiger partial charge in [0.25, 0.3) is 0 Å². The van der Waals surface area contributed by atoms with Gasteiger partial charge in [0, 0.05) is 18.8 Å². The molecule has 0 spiro atoms. The fourth-order valence-corrected chi connectivity index (χ4v) is 10.3. The molecule has 2 fully saturated rings. The van der Waals surface area contributed by atoms with Gasteiger partial charge in [0.1, 0.15) is 6.10 Å². The number of halogens is 2. The van der Waals surface area contributed by atoms with Crippen LogP contribution in [-0.2, 0) is 9.53 Å². The van der Waals surface area contributed by atoms with Crippen molar-refractivity contribution in [3.63, 3.8) is 0 Å². The normalized spacial score (nSPS) is 45.6. The van der Waals surface area contributed by atoms with Crippen molar-refractivity contribution in [2.24, 2.45) is 29.6 Å². The van der Waals surface area contributed by atoms with E-state index in [-0.39, 0.29) is 12.1 Å². The van der Waals surface area contributed by atoms with Crippen LogP contribution in [0.1, 0.15) is 98.8 Å². The molecule has 1 heterocycles. The molecule has 0 aromatic carbocycles. The summed E-state index contributed by atoms with van der Waals surface area (Å²) >= 11 is 5.73. The lowest BCUT2D eigenvalue weighted by Gasteiger charge is -2.52. The lowest BCUT2D eigenvalue weighted by molar-refractivity contribution is -0.146. The summed E-state index contributed by atoms with van der Waals surface area (Å²) in [5, 5.41) is 0. The van der Waals surface area contributed by atoms with Crippen molar-refractivity contribution >= 4 is 51.2 Å². The number of alkyl halides is 2. The molecule has 8 unspecified atom stereocenters. The van der Waals surface area contributed by atoms with Crippen LogP contribution in [0.2, 0.25) is 0 Å². The second-order valence-corrected chi connectivity index (χ2v) is 16.4. The zero-order valence-corrected chi connectivity index (χ0v) is 25.0. The Hall–Kier alpha value is 0.410. The first kappa shape index (κ1) is 25.5. The number of cyclic esters (lactones) is 1. The molecule has 0 aromatic heterocycles. The Bertz CT molecular complexity index is 797. The maximum Gasteiger partial charge on any atom is 0.333 e. The van der Waals surface area contributed by atoms with E-state index in [0.717, 1.165) is 42.1 Å². The van der Waals surface area contributed by atoms with Crippen molar-refractivity contribution in [1.82, 2.24) is 0 Å². The average molecular weight is 664 g/mol. The molecule has 180 valence electrons. The van der Waals surface area contributed by atoms with Crippen molar-refractivity contribution < 1.29 is 9.53 Å². The molecule has 1 aliphatic heterocycles. The van der Waals surface area contributed by atoms with Crippen molar-refractivity contribution in [2.45, 2.75) is 112 Å². The Labute approximate surface area is 223 Å². The highest BCUT2D eigenvalue weighted by molar-refractivity contribution is 14.1. The van der Waals surface area contributed by atoms with E-state index in [1.165, 1.54) is 56.9 Å². The Balaban J connectivity index is 1.55. The number of carbonyl (C=O) groups is 1. The molecule has 0 radical (unpaired) electrons. The van der Waals surface area contributed by atoms with E-state index in [1.807, 2.05) is 6.92 Å². The molecular formula is C28H42I2O2. The predicted octanol–water partition coefficient (Wildman–Crippen LogP) is 8.60. The van der Waals surface area contributed by atoms with Crippen molar-refractivity contribution in [3.8, 4) is 0 Å². The van der Waals surface area contributed by atoms with Crippen LogP contribution in [0, 0.1) is 29.6 Å². The molecule has 3 aliphatic carbocycles. The molecule has 0 aromatic rings. The summed E-state index contributed by atoms with van der Waals surface area (Å²) in [6, 6.07) is 0. The van der Waals surface area contributed by atoms with Crippen LogP contribution < -0.4 is 0 Å². The summed E-state index contributed by atoms with van der Waals surface area (Å²) in [5.74, 6) is 3.83. The van der Waals surface area contributed by atoms with Crippen LogP contribution in [0.25, 0.3) is 0 Å². The third kappa shape index (κ3) is 5.02. The number of fused-ring (bicyclic) bond motifs is 3. The van der Waals surface area contributed by atoms with Gasteiger partial charge in [0.05, 0.1) is 0 Å². The Morgan fingerprint density at radius 1 is 1.03 bits per heavy atom. The highest BCUT2D eigenvalue weighted by atomic mass is 127. The van der Waals surface area contributed by atoms with Gasteiger partial charge in [-0.3, -0.25) is 0 Å². The van der Waals surface area contributed by atoms with Crippen LogP contribution in [0.5, 0.6) is 0 Å². The minimum atomic E-state index is -0.0811.